The molecule has 0 aliphatic carbocycles. The maximum Gasteiger partial charge on any atom is 0.0951 e. The van der Waals surface area contributed by atoms with Gasteiger partial charge in [0.2, 0.25) is 0 Å². The molecule has 0 radical (unpaired) electrons. The Morgan fingerprint density at radius 1 is 1.33 bits per heavy atom. The van der Waals surface area contributed by atoms with Gasteiger partial charge >= 0.3 is 0 Å². The van der Waals surface area contributed by atoms with E-state index in [2.05, 4.69) is 35.6 Å². The van der Waals surface area contributed by atoms with Crippen LogP contribution in [0.5, 0.6) is 0 Å². The number of hydrogen-bond donors (Lipinski definition) is 1. The lowest BCUT2D eigenvalue weighted by atomic mass is 10.0. The third-order valence-electron chi connectivity index (χ3n) is 2.74. The molecule has 1 N–H and O–H groups in total. The number of aromatic nitrogens is 2. The molecule has 0 aliphatic rings. The molecule has 1 unspecified atom stereocenters. The van der Waals surface area contributed by atoms with Crippen LogP contribution in [0.15, 0.2) is 12.5 Å². The number of nitrogens with one attached hydrogen (secondary N) is 1. The van der Waals surface area contributed by atoms with Crippen LogP contribution < -0.4 is 5.32 Å². The summed E-state index contributed by atoms with van der Waals surface area (Å²) in [6, 6.07) is 0.554. The Bertz CT molecular complexity index is 278. The molecule has 3 heteroatoms. The topological polar surface area (TPSA) is 29.9 Å². The molecule has 0 aromatic carbocycles. The van der Waals surface area contributed by atoms with Crippen LogP contribution >= 0.6 is 0 Å². The first-order valence-electron chi connectivity index (χ1n) is 5.80. The second-order valence-electron chi connectivity index (χ2n) is 4.64. The third kappa shape index (κ3) is 3.67. The van der Waals surface area contributed by atoms with E-state index < -0.39 is 0 Å². The van der Waals surface area contributed by atoms with E-state index >= 15 is 0 Å². The molecule has 15 heavy (non-hydrogen) atoms. The van der Waals surface area contributed by atoms with Crippen LogP contribution in [0.2, 0.25) is 0 Å². The highest BCUT2D eigenvalue weighted by Gasteiger charge is 2.09. The van der Waals surface area contributed by atoms with Gasteiger partial charge in [0.05, 0.1) is 12.0 Å². The van der Waals surface area contributed by atoms with Crippen LogP contribution in [0.1, 0.15) is 45.3 Å². The first-order chi connectivity index (χ1) is 7.15. The molecule has 1 aromatic heterocycles. The van der Waals surface area contributed by atoms with Crippen molar-refractivity contribution in [3.63, 3.8) is 0 Å². The Kier molecular flexibility index (Phi) is 4.82. The van der Waals surface area contributed by atoms with Crippen molar-refractivity contribution in [1.82, 2.24) is 14.9 Å². The summed E-state index contributed by atoms with van der Waals surface area (Å²) in [5.41, 5.74) is 1.27. The SMILES string of the molecule is CNCc1cncn1C(C)CCC(C)C. The summed E-state index contributed by atoms with van der Waals surface area (Å²) in [5, 5.41) is 3.17. The van der Waals surface area contributed by atoms with E-state index in [-0.39, 0.29) is 0 Å². The van der Waals surface area contributed by atoms with Gasteiger partial charge in [-0.2, -0.15) is 0 Å². The standard InChI is InChI=1S/C12H23N3/c1-10(2)5-6-11(3)15-9-14-8-12(15)7-13-4/h8-11,13H,5-7H2,1-4H3. The normalized spacial score (nSPS) is 13.4. The summed E-state index contributed by atoms with van der Waals surface area (Å²) in [4.78, 5) is 4.21. The van der Waals surface area contributed by atoms with Crippen LogP contribution in [0.3, 0.4) is 0 Å². The first kappa shape index (κ1) is 12.2. The summed E-state index contributed by atoms with van der Waals surface area (Å²) in [6.45, 7) is 7.71. The first-order valence-corrected chi connectivity index (χ1v) is 5.80. The molecule has 0 bridgehead atoms. The van der Waals surface area contributed by atoms with Gasteiger partial charge in [-0.05, 0) is 32.7 Å². The lowest BCUT2D eigenvalue weighted by Crippen LogP contribution is -2.14. The molecule has 0 saturated heterocycles. The lowest BCUT2D eigenvalue weighted by Gasteiger charge is -2.17. The minimum Gasteiger partial charge on any atom is -0.331 e. The van der Waals surface area contributed by atoms with Gasteiger partial charge in [-0.3, -0.25) is 0 Å². The van der Waals surface area contributed by atoms with Crippen molar-refractivity contribution in [2.45, 2.75) is 46.2 Å². The van der Waals surface area contributed by atoms with Crippen molar-refractivity contribution in [2.24, 2.45) is 5.92 Å². The van der Waals surface area contributed by atoms with Gasteiger partial charge in [-0.25, -0.2) is 4.98 Å². The van der Waals surface area contributed by atoms with Crippen molar-refractivity contribution in [3.8, 4) is 0 Å². The summed E-state index contributed by atoms with van der Waals surface area (Å²) < 4.78 is 2.28. The van der Waals surface area contributed by atoms with E-state index in [1.807, 2.05) is 19.6 Å². The average molecular weight is 209 g/mol. The van der Waals surface area contributed by atoms with Crippen LogP contribution in [-0.4, -0.2) is 16.6 Å². The molecule has 0 fully saturated rings. The minimum absolute atomic E-state index is 0.554. The quantitative estimate of drug-likeness (QED) is 0.780. The maximum atomic E-state index is 4.21. The predicted octanol–water partition coefficient (Wildman–Crippen LogP) is 2.60. The molecular weight excluding hydrogens is 186 g/mol. The van der Waals surface area contributed by atoms with Gasteiger partial charge < -0.3 is 9.88 Å². The molecule has 0 saturated carbocycles. The van der Waals surface area contributed by atoms with E-state index in [1.165, 1.54) is 18.5 Å². The molecule has 1 heterocycles. The van der Waals surface area contributed by atoms with Gasteiger partial charge in [0.1, 0.15) is 0 Å². The van der Waals surface area contributed by atoms with Crippen LogP contribution in [0, 0.1) is 5.92 Å². The highest BCUT2D eigenvalue weighted by molar-refractivity contribution is 4.99. The number of rotatable bonds is 6. The van der Waals surface area contributed by atoms with E-state index in [1.54, 1.807) is 0 Å². The summed E-state index contributed by atoms with van der Waals surface area (Å²) in [5.74, 6) is 0.781. The smallest absolute Gasteiger partial charge is 0.0951 e. The average Bonchev–Trinajstić information content (AvgIpc) is 2.63. The van der Waals surface area contributed by atoms with Gasteiger partial charge in [0.15, 0.2) is 0 Å². The molecular formula is C12H23N3. The molecule has 1 aromatic rings. The van der Waals surface area contributed by atoms with Crippen molar-refractivity contribution in [1.29, 1.82) is 0 Å². The van der Waals surface area contributed by atoms with Crippen molar-refractivity contribution in [3.05, 3.63) is 18.2 Å². The highest BCUT2D eigenvalue weighted by Crippen LogP contribution is 2.18. The lowest BCUT2D eigenvalue weighted by molar-refractivity contribution is 0.428. The van der Waals surface area contributed by atoms with Crippen LogP contribution in [0.25, 0.3) is 0 Å². The largest absolute Gasteiger partial charge is 0.331 e. The zero-order chi connectivity index (χ0) is 11.3. The Balaban J connectivity index is 2.56. The molecule has 0 spiro atoms. The maximum absolute atomic E-state index is 4.21. The Hall–Kier alpha value is -0.830. The molecule has 0 amide bonds. The summed E-state index contributed by atoms with van der Waals surface area (Å²) >= 11 is 0. The molecule has 3 nitrogen and oxygen atoms in total. The van der Waals surface area contributed by atoms with E-state index in [9.17, 15) is 0 Å². The van der Waals surface area contributed by atoms with Gasteiger partial charge in [-0.1, -0.05) is 13.8 Å². The zero-order valence-corrected chi connectivity index (χ0v) is 10.3. The molecule has 0 aliphatic heterocycles. The summed E-state index contributed by atoms with van der Waals surface area (Å²) in [6.07, 6.45) is 6.39. The fourth-order valence-corrected chi connectivity index (χ4v) is 1.76. The predicted molar refractivity (Wildman–Crippen MR) is 63.8 cm³/mol. The van der Waals surface area contributed by atoms with E-state index in [0.29, 0.717) is 6.04 Å². The Labute approximate surface area is 92.9 Å². The van der Waals surface area contributed by atoms with Gasteiger partial charge in [0.25, 0.3) is 0 Å². The van der Waals surface area contributed by atoms with Gasteiger partial charge in [-0.15, -0.1) is 0 Å². The Morgan fingerprint density at radius 3 is 2.67 bits per heavy atom. The monoisotopic (exact) mass is 209 g/mol. The van der Waals surface area contributed by atoms with Crippen molar-refractivity contribution >= 4 is 0 Å². The van der Waals surface area contributed by atoms with E-state index in [4.69, 9.17) is 0 Å². The fourth-order valence-electron chi connectivity index (χ4n) is 1.76. The summed E-state index contributed by atoms with van der Waals surface area (Å²) in [7, 11) is 1.97. The fraction of sp³-hybridized carbons (Fsp3) is 0.750. The second kappa shape index (κ2) is 5.91. The molecule has 86 valence electrons. The second-order valence-corrected chi connectivity index (χ2v) is 4.64. The number of imidazole rings is 1. The van der Waals surface area contributed by atoms with Crippen LogP contribution in [0.4, 0.5) is 0 Å². The highest BCUT2D eigenvalue weighted by atomic mass is 15.1. The van der Waals surface area contributed by atoms with Gasteiger partial charge in [0, 0.05) is 18.8 Å². The minimum atomic E-state index is 0.554. The molecule has 1 atom stereocenters. The van der Waals surface area contributed by atoms with Crippen molar-refractivity contribution in [2.75, 3.05) is 7.05 Å². The van der Waals surface area contributed by atoms with Crippen molar-refractivity contribution < 1.29 is 0 Å². The third-order valence-corrected chi connectivity index (χ3v) is 2.74. The number of nitrogens with zero attached hydrogens (tertiary/aromatic N) is 2. The molecule has 1 rings (SSSR count). The number of hydrogen-bond acceptors (Lipinski definition) is 2. The van der Waals surface area contributed by atoms with Crippen LogP contribution in [-0.2, 0) is 6.54 Å². The van der Waals surface area contributed by atoms with E-state index in [0.717, 1.165) is 12.5 Å². The zero-order valence-electron chi connectivity index (χ0n) is 10.3. The Morgan fingerprint density at radius 2 is 2.07 bits per heavy atom.